The van der Waals surface area contributed by atoms with Gasteiger partial charge >= 0.3 is 0 Å². The van der Waals surface area contributed by atoms with Crippen molar-refractivity contribution in [2.45, 2.75) is 31.8 Å². The molecule has 0 aromatic heterocycles. The third kappa shape index (κ3) is 3.20. The molecule has 2 atom stereocenters. The Balaban J connectivity index is 2.14. The van der Waals surface area contributed by atoms with Crippen molar-refractivity contribution in [3.63, 3.8) is 0 Å². The Morgan fingerprint density at radius 3 is 2.71 bits per heavy atom. The first kappa shape index (κ1) is 12.8. The molecule has 0 N–H and O–H groups in total. The Kier molecular flexibility index (Phi) is 4.81. The Bertz CT molecular complexity index is 372. The van der Waals surface area contributed by atoms with Crippen LogP contribution in [0.5, 0.6) is 0 Å². The van der Waals surface area contributed by atoms with Crippen LogP contribution in [0, 0.1) is 5.92 Å². The van der Waals surface area contributed by atoms with Crippen LogP contribution in [0.3, 0.4) is 0 Å². The summed E-state index contributed by atoms with van der Waals surface area (Å²) in [5.74, 6) is 0.621. The van der Waals surface area contributed by atoms with E-state index in [1.165, 1.54) is 30.4 Å². The molecule has 2 rings (SSSR count). The quantitative estimate of drug-likeness (QED) is 0.790. The highest BCUT2D eigenvalue weighted by atomic mass is 79.9. The number of methoxy groups -OCH3 is 1. The Hall–Kier alpha value is -0.600. The predicted octanol–water partition coefficient (Wildman–Crippen LogP) is 4.63. The first-order valence-corrected chi connectivity index (χ1v) is 7.15. The lowest BCUT2D eigenvalue weighted by Crippen LogP contribution is -2.22. The van der Waals surface area contributed by atoms with Crippen molar-refractivity contribution in [3.05, 3.63) is 40.9 Å². The molecule has 0 heterocycles. The van der Waals surface area contributed by atoms with E-state index in [-0.39, 0.29) is 0 Å². The van der Waals surface area contributed by atoms with Gasteiger partial charge in [0.15, 0.2) is 0 Å². The van der Waals surface area contributed by atoms with Gasteiger partial charge in [-0.3, -0.25) is 0 Å². The molecule has 0 bridgehead atoms. The van der Waals surface area contributed by atoms with Gasteiger partial charge in [-0.15, -0.1) is 0 Å². The molecule has 1 aliphatic rings. The van der Waals surface area contributed by atoms with Crippen molar-refractivity contribution in [2.24, 2.45) is 5.92 Å². The topological polar surface area (TPSA) is 9.23 Å². The van der Waals surface area contributed by atoms with Crippen LogP contribution >= 0.6 is 15.9 Å². The highest BCUT2D eigenvalue weighted by molar-refractivity contribution is 9.11. The van der Waals surface area contributed by atoms with Crippen molar-refractivity contribution in [1.29, 1.82) is 0 Å². The third-order valence-electron chi connectivity index (χ3n) is 3.62. The highest BCUT2D eigenvalue weighted by Gasteiger charge is 2.24. The number of allylic oxidation sites excluding steroid dienone is 1. The van der Waals surface area contributed by atoms with Crippen LogP contribution in [-0.4, -0.2) is 13.2 Å². The minimum atomic E-state index is 0.430. The van der Waals surface area contributed by atoms with E-state index >= 15 is 0 Å². The van der Waals surface area contributed by atoms with Gasteiger partial charge < -0.3 is 4.74 Å². The largest absolute Gasteiger partial charge is 0.381 e. The standard InChI is InChI=1S/C15H19BrO/c1-17-14-9-5-8-13(10-14)15(11-16)12-6-3-2-4-7-12/h2-4,6-7,11,13-14H,5,8-10H2,1H3/b15-11+/t13-,14-/m0/s1. The summed E-state index contributed by atoms with van der Waals surface area (Å²) in [5.41, 5.74) is 2.73. The van der Waals surface area contributed by atoms with E-state index in [1.54, 1.807) is 0 Å². The number of hydrogen-bond donors (Lipinski definition) is 0. The van der Waals surface area contributed by atoms with Gasteiger partial charge in [0.25, 0.3) is 0 Å². The van der Waals surface area contributed by atoms with Crippen LogP contribution < -0.4 is 0 Å². The molecule has 1 aromatic rings. The Morgan fingerprint density at radius 1 is 1.29 bits per heavy atom. The minimum Gasteiger partial charge on any atom is -0.381 e. The summed E-state index contributed by atoms with van der Waals surface area (Å²) < 4.78 is 5.51. The van der Waals surface area contributed by atoms with Crippen molar-refractivity contribution in [1.82, 2.24) is 0 Å². The van der Waals surface area contributed by atoms with Crippen molar-refractivity contribution in [3.8, 4) is 0 Å². The summed E-state index contributed by atoms with van der Waals surface area (Å²) in [5, 5.41) is 0. The summed E-state index contributed by atoms with van der Waals surface area (Å²) in [6, 6.07) is 10.6. The number of rotatable bonds is 3. The molecule has 0 saturated heterocycles. The zero-order valence-electron chi connectivity index (χ0n) is 10.2. The lowest BCUT2D eigenvalue weighted by Gasteiger charge is -2.30. The average Bonchev–Trinajstić information content (AvgIpc) is 2.41. The number of benzene rings is 1. The molecule has 2 heteroatoms. The van der Waals surface area contributed by atoms with Crippen LogP contribution in [0.2, 0.25) is 0 Å². The van der Waals surface area contributed by atoms with Gasteiger partial charge in [-0.05, 0) is 41.3 Å². The molecular formula is C15H19BrO. The molecule has 1 fully saturated rings. The fourth-order valence-corrected chi connectivity index (χ4v) is 3.30. The second-order valence-electron chi connectivity index (χ2n) is 4.65. The van der Waals surface area contributed by atoms with Gasteiger partial charge in [0.1, 0.15) is 0 Å². The van der Waals surface area contributed by atoms with Gasteiger partial charge in [-0.1, -0.05) is 52.7 Å². The van der Waals surface area contributed by atoms with E-state index in [9.17, 15) is 0 Å². The molecule has 0 spiro atoms. The van der Waals surface area contributed by atoms with Crippen LogP contribution in [-0.2, 0) is 4.74 Å². The molecule has 0 amide bonds. The van der Waals surface area contributed by atoms with Gasteiger partial charge in [-0.2, -0.15) is 0 Å². The lowest BCUT2D eigenvalue weighted by molar-refractivity contribution is 0.0605. The number of ether oxygens (including phenoxy) is 1. The first-order chi connectivity index (χ1) is 8.35. The fourth-order valence-electron chi connectivity index (χ4n) is 2.66. The first-order valence-electron chi connectivity index (χ1n) is 6.23. The maximum atomic E-state index is 5.51. The van der Waals surface area contributed by atoms with Crippen molar-refractivity contribution >= 4 is 21.5 Å². The molecular weight excluding hydrogens is 276 g/mol. The van der Waals surface area contributed by atoms with E-state index < -0.39 is 0 Å². The van der Waals surface area contributed by atoms with E-state index in [4.69, 9.17) is 4.74 Å². The van der Waals surface area contributed by atoms with Crippen LogP contribution in [0.25, 0.3) is 5.57 Å². The minimum absolute atomic E-state index is 0.430. The van der Waals surface area contributed by atoms with E-state index in [0.29, 0.717) is 12.0 Å². The predicted molar refractivity (Wildman–Crippen MR) is 76.1 cm³/mol. The van der Waals surface area contributed by atoms with Crippen LogP contribution in [0.15, 0.2) is 35.3 Å². The summed E-state index contributed by atoms with van der Waals surface area (Å²) in [4.78, 5) is 2.09. The SMILES string of the molecule is CO[C@H]1CCC[C@H](/C(=C/Br)c2ccccc2)C1. The van der Waals surface area contributed by atoms with Crippen LogP contribution in [0.4, 0.5) is 0 Å². The summed E-state index contributed by atoms with van der Waals surface area (Å²) in [7, 11) is 1.83. The Morgan fingerprint density at radius 2 is 2.06 bits per heavy atom. The molecule has 92 valence electrons. The number of halogens is 1. The van der Waals surface area contributed by atoms with E-state index in [0.717, 1.165) is 6.42 Å². The third-order valence-corrected chi connectivity index (χ3v) is 4.12. The fraction of sp³-hybridized carbons (Fsp3) is 0.467. The lowest BCUT2D eigenvalue weighted by atomic mass is 9.80. The zero-order valence-corrected chi connectivity index (χ0v) is 11.8. The highest BCUT2D eigenvalue weighted by Crippen LogP contribution is 2.36. The second-order valence-corrected chi connectivity index (χ2v) is 5.11. The van der Waals surface area contributed by atoms with Crippen molar-refractivity contribution in [2.75, 3.05) is 7.11 Å². The van der Waals surface area contributed by atoms with E-state index in [1.807, 2.05) is 7.11 Å². The maximum Gasteiger partial charge on any atom is 0.0577 e. The molecule has 17 heavy (non-hydrogen) atoms. The monoisotopic (exact) mass is 294 g/mol. The molecule has 1 nitrogen and oxygen atoms in total. The molecule has 1 aromatic carbocycles. The summed E-state index contributed by atoms with van der Waals surface area (Å²) in [6.07, 6.45) is 5.31. The summed E-state index contributed by atoms with van der Waals surface area (Å²) >= 11 is 3.53. The zero-order chi connectivity index (χ0) is 12.1. The average molecular weight is 295 g/mol. The van der Waals surface area contributed by atoms with E-state index in [2.05, 4.69) is 51.2 Å². The molecule has 0 radical (unpaired) electrons. The Labute approximate surface area is 112 Å². The molecule has 0 unspecified atom stereocenters. The van der Waals surface area contributed by atoms with Gasteiger partial charge in [0.05, 0.1) is 6.10 Å². The second kappa shape index (κ2) is 6.36. The van der Waals surface area contributed by atoms with Gasteiger partial charge in [0.2, 0.25) is 0 Å². The summed E-state index contributed by atoms with van der Waals surface area (Å²) in [6.45, 7) is 0. The molecule has 1 aliphatic carbocycles. The molecule has 0 aliphatic heterocycles. The molecule has 1 saturated carbocycles. The van der Waals surface area contributed by atoms with Gasteiger partial charge in [0, 0.05) is 7.11 Å². The van der Waals surface area contributed by atoms with Crippen molar-refractivity contribution < 1.29 is 4.74 Å². The van der Waals surface area contributed by atoms with Crippen LogP contribution in [0.1, 0.15) is 31.2 Å². The maximum absolute atomic E-state index is 5.51. The van der Waals surface area contributed by atoms with Gasteiger partial charge in [-0.25, -0.2) is 0 Å². The number of hydrogen-bond acceptors (Lipinski definition) is 1. The smallest absolute Gasteiger partial charge is 0.0577 e. The normalized spacial score (nSPS) is 25.9.